The lowest BCUT2D eigenvalue weighted by Crippen LogP contribution is -1.98. The Morgan fingerprint density at radius 2 is 2.16 bits per heavy atom. The number of imidazole rings is 1. The summed E-state index contributed by atoms with van der Waals surface area (Å²) >= 11 is 14.3. The fourth-order valence-electron chi connectivity index (χ4n) is 1.86. The average molecular weight is 359 g/mol. The van der Waals surface area contributed by atoms with E-state index in [1.54, 1.807) is 22.9 Å². The number of benzene rings is 1. The molecule has 0 amide bonds. The highest BCUT2D eigenvalue weighted by atomic mass is 79.9. The van der Waals surface area contributed by atoms with E-state index in [-0.39, 0.29) is 0 Å². The van der Waals surface area contributed by atoms with Crippen LogP contribution in [0.25, 0.3) is 16.9 Å². The van der Waals surface area contributed by atoms with E-state index < -0.39 is 5.82 Å². The molecule has 0 spiro atoms. The lowest BCUT2D eigenvalue weighted by Gasteiger charge is -2.05. The molecule has 0 aliphatic heterocycles. The van der Waals surface area contributed by atoms with Crippen molar-refractivity contribution >= 4 is 50.9 Å². The maximum absolute atomic E-state index is 14.0. The first-order valence-corrected chi connectivity index (χ1v) is 6.86. The van der Waals surface area contributed by atoms with Crippen LogP contribution in [-0.4, -0.2) is 14.5 Å². The van der Waals surface area contributed by atoms with Gasteiger partial charge in [0.15, 0.2) is 10.4 Å². The molecule has 0 aliphatic carbocycles. The topological polar surface area (TPSA) is 33.6 Å². The minimum Gasteiger partial charge on any atom is -0.329 e. The third kappa shape index (κ3) is 2.20. The smallest absolute Gasteiger partial charge is 0.184 e. The maximum atomic E-state index is 14.0. The molecule has 0 radical (unpaired) electrons. The molecule has 0 saturated heterocycles. The zero-order chi connectivity index (χ0) is 13.6. The molecule has 0 fully saturated rings. The molecule has 3 aromatic rings. The third-order valence-electron chi connectivity index (χ3n) is 2.64. The largest absolute Gasteiger partial charge is 0.329 e. The summed E-state index contributed by atoms with van der Waals surface area (Å²) in [4.78, 5) is 7.25. The Balaban J connectivity index is 2.36. The number of rotatable bonds is 1. The van der Waals surface area contributed by atoms with Crippen LogP contribution in [-0.2, 0) is 0 Å². The quantitative estimate of drug-likeness (QED) is 0.643. The van der Waals surface area contributed by atoms with Gasteiger partial charge in [0.1, 0.15) is 5.82 Å². The number of nitrogens with zero attached hydrogens (tertiary/aromatic N) is 2. The Labute approximate surface area is 126 Å². The Kier molecular flexibility index (Phi) is 3.16. The number of aromatic amines is 1. The number of pyridine rings is 1. The van der Waals surface area contributed by atoms with E-state index in [9.17, 15) is 4.39 Å². The van der Waals surface area contributed by atoms with E-state index in [2.05, 4.69) is 25.9 Å². The first kappa shape index (κ1) is 12.8. The lowest BCUT2D eigenvalue weighted by molar-refractivity contribution is 0.618. The Morgan fingerprint density at radius 3 is 2.89 bits per heavy atom. The first-order chi connectivity index (χ1) is 9.06. The summed E-state index contributed by atoms with van der Waals surface area (Å²) in [5, 5.41) is 0.336. The van der Waals surface area contributed by atoms with E-state index in [1.807, 2.05) is 6.07 Å². The van der Waals surface area contributed by atoms with Crippen molar-refractivity contribution in [2.75, 3.05) is 0 Å². The van der Waals surface area contributed by atoms with Gasteiger partial charge in [0, 0.05) is 15.7 Å². The van der Waals surface area contributed by atoms with Gasteiger partial charge in [0.2, 0.25) is 0 Å². The number of H-pyrrole nitrogens is 1. The van der Waals surface area contributed by atoms with Crippen LogP contribution >= 0.6 is 39.7 Å². The summed E-state index contributed by atoms with van der Waals surface area (Å²) in [6.07, 6.45) is 1.63. The number of aromatic nitrogens is 3. The van der Waals surface area contributed by atoms with E-state index in [1.165, 1.54) is 6.07 Å². The molecule has 0 bridgehead atoms. The average Bonchev–Trinajstić information content (AvgIpc) is 2.65. The van der Waals surface area contributed by atoms with Crippen LogP contribution in [0.3, 0.4) is 0 Å². The minimum absolute atomic E-state index is 0.315. The van der Waals surface area contributed by atoms with Crippen molar-refractivity contribution < 1.29 is 4.39 Å². The summed E-state index contributed by atoms with van der Waals surface area (Å²) in [5.41, 5.74) is 1.61. The molecular weight excluding hydrogens is 353 g/mol. The molecule has 0 aliphatic rings. The zero-order valence-corrected chi connectivity index (χ0v) is 12.5. The Morgan fingerprint density at radius 1 is 1.37 bits per heavy atom. The van der Waals surface area contributed by atoms with Gasteiger partial charge in [0.25, 0.3) is 0 Å². The normalized spacial score (nSPS) is 11.1. The van der Waals surface area contributed by atoms with Crippen LogP contribution < -0.4 is 0 Å². The molecule has 1 N–H and O–H groups in total. The summed E-state index contributed by atoms with van der Waals surface area (Å²) in [5.74, 6) is -0.450. The molecule has 3 rings (SSSR count). The number of halogens is 3. The summed E-state index contributed by atoms with van der Waals surface area (Å²) in [7, 11) is 0. The van der Waals surface area contributed by atoms with Gasteiger partial charge in [-0.2, -0.15) is 0 Å². The van der Waals surface area contributed by atoms with Crippen molar-refractivity contribution in [3.05, 3.63) is 50.5 Å². The van der Waals surface area contributed by atoms with Crippen molar-refractivity contribution in [1.82, 2.24) is 14.5 Å². The maximum Gasteiger partial charge on any atom is 0.184 e. The van der Waals surface area contributed by atoms with Crippen LogP contribution in [0.1, 0.15) is 0 Å². The molecule has 7 heteroatoms. The minimum atomic E-state index is -0.450. The number of nitrogens with one attached hydrogen (secondary N) is 1. The van der Waals surface area contributed by atoms with Crippen LogP contribution in [0.4, 0.5) is 4.39 Å². The molecule has 19 heavy (non-hydrogen) atoms. The highest BCUT2D eigenvalue weighted by Gasteiger charge is 2.12. The van der Waals surface area contributed by atoms with Gasteiger partial charge in [-0.1, -0.05) is 11.6 Å². The van der Waals surface area contributed by atoms with Crippen LogP contribution in [0.5, 0.6) is 0 Å². The van der Waals surface area contributed by atoms with Crippen molar-refractivity contribution in [1.29, 1.82) is 0 Å². The number of hydrogen-bond donors (Lipinski definition) is 1. The molecule has 2 aromatic heterocycles. The van der Waals surface area contributed by atoms with Crippen LogP contribution in [0, 0.1) is 10.6 Å². The van der Waals surface area contributed by atoms with Crippen LogP contribution in [0.2, 0.25) is 5.02 Å². The van der Waals surface area contributed by atoms with Crippen molar-refractivity contribution in [2.24, 2.45) is 0 Å². The number of fused-ring (bicyclic) bond motifs is 1. The lowest BCUT2D eigenvalue weighted by atomic mass is 10.3. The van der Waals surface area contributed by atoms with Gasteiger partial charge in [0.05, 0.1) is 11.2 Å². The molecule has 0 unspecified atom stereocenters. The van der Waals surface area contributed by atoms with E-state index in [4.69, 9.17) is 23.8 Å². The van der Waals surface area contributed by atoms with Gasteiger partial charge in [-0.3, -0.25) is 4.57 Å². The van der Waals surface area contributed by atoms with Crippen molar-refractivity contribution in [2.45, 2.75) is 0 Å². The molecule has 2 heterocycles. The van der Waals surface area contributed by atoms with Crippen LogP contribution in [0.15, 0.2) is 34.9 Å². The number of hydrogen-bond acceptors (Lipinski definition) is 2. The third-order valence-corrected chi connectivity index (χ3v) is 3.59. The Hall–Kier alpha value is -1.24. The molecule has 0 atom stereocenters. The van der Waals surface area contributed by atoms with Gasteiger partial charge < -0.3 is 4.98 Å². The fourth-order valence-corrected chi connectivity index (χ4v) is 2.64. The second-order valence-electron chi connectivity index (χ2n) is 3.89. The molecule has 96 valence electrons. The first-order valence-electron chi connectivity index (χ1n) is 5.28. The van der Waals surface area contributed by atoms with Crippen molar-refractivity contribution in [3.63, 3.8) is 0 Å². The van der Waals surface area contributed by atoms with E-state index in [0.29, 0.717) is 21.1 Å². The predicted molar refractivity (Wildman–Crippen MR) is 78.9 cm³/mol. The van der Waals surface area contributed by atoms with Crippen molar-refractivity contribution in [3.8, 4) is 5.69 Å². The van der Waals surface area contributed by atoms with Gasteiger partial charge in [-0.25, -0.2) is 9.37 Å². The second-order valence-corrected chi connectivity index (χ2v) is 5.62. The predicted octanol–water partition coefficient (Wildman–Crippen LogP) is 4.64. The van der Waals surface area contributed by atoms with E-state index >= 15 is 0 Å². The Bertz CT molecular complexity index is 843. The molecule has 3 nitrogen and oxygen atoms in total. The van der Waals surface area contributed by atoms with E-state index in [0.717, 1.165) is 9.99 Å². The fraction of sp³-hybridized carbons (Fsp3) is 0. The zero-order valence-electron chi connectivity index (χ0n) is 9.32. The van der Waals surface area contributed by atoms with Gasteiger partial charge in [-0.05, 0) is 52.4 Å². The molecule has 0 saturated carbocycles. The SMILES string of the molecule is Fc1cc(Cl)ccc1-n1c(=S)[nH]c2cc(Br)cnc21. The summed E-state index contributed by atoms with van der Waals surface area (Å²) < 4.78 is 16.7. The molecular formula is C12H6BrClFN3S. The summed E-state index contributed by atoms with van der Waals surface area (Å²) in [6, 6.07) is 6.27. The summed E-state index contributed by atoms with van der Waals surface area (Å²) in [6.45, 7) is 0. The highest BCUT2D eigenvalue weighted by Crippen LogP contribution is 2.24. The van der Waals surface area contributed by atoms with Gasteiger partial charge in [-0.15, -0.1) is 0 Å². The molecule has 1 aromatic carbocycles. The second kappa shape index (κ2) is 4.70. The standard InChI is InChI=1S/C12H6BrClFN3S/c13-6-3-9-11(16-5-6)18(12(19)17-9)10-2-1-7(14)4-8(10)15/h1-5H,(H,17,19). The highest BCUT2D eigenvalue weighted by molar-refractivity contribution is 9.10. The monoisotopic (exact) mass is 357 g/mol. The van der Waals surface area contributed by atoms with Gasteiger partial charge >= 0.3 is 0 Å².